The lowest BCUT2D eigenvalue weighted by Gasteiger charge is -2.38. The van der Waals surface area contributed by atoms with Gasteiger partial charge in [0.2, 0.25) is 15.9 Å². The van der Waals surface area contributed by atoms with E-state index >= 15 is 0 Å². The maximum Gasteiger partial charge on any atom is 0.241 e. The molecule has 1 atom stereocenters. The van der Waals surface area contributed by atoms with Gasteiger partial charge in [0.25, 0.3) is 0 Å². The van der Waals surface area contributed by atoms with Gasteiger partial charge in [-0.15, -0.1) is 11.3 Å². The second-order valence-corrected chi connectivity index (χ2v) is 11.3. The van der Waals surface area contributed by atoms with Crippen molar-refractivity contribution in [2.45, 2.75) is 57.7 Å². The summed E-state index contributed by atoms with van der Waals surface area (Å²) in [5.41, 5.74) is 0. The van der Waals surface area contributed by atoms with E-state index in [-0.39, 0.29) is 17.7 Å². The predicted octanol–water partition coefficient (Wildman–Crippen LogP) is 2.34. The number of hydrogen-bond acceptors (Lipinski definition) is 5. The minimum atomic E-state index is -3.50. The number of piperidine rings is 1. The van der Waals surface area contributed by atoms with Crippen LogP contribution in [0, 0.1) is 0 Å². The molecule has 1 aromatic heterocycles. The quantitative estimate of drug-likeness (QED) is 0.716. The van der Waals surface area contributed by atoms with E-state index in [0.29, 0.717) is 29.8 Å². The minimum absolute atomic E-state index is 0.0274. The van der Waals surface area contributed by atoms with Gasteiger partial charge in [0.15, 0.2) is 0 Å². The second kappa shape index (κ2) is 8.78. The highest BCUT2D eigenvalue weighted by molar-refractivity contribution is 7.89. The van der Waals surface area contributed by atoms with Crippen LogP contribution < -0.4 is 4.72 Å². The fourth-order valence-corrected chi connectivity index (χ4v) is 6.36. The van der Waals surface area contributed by atoms with Crippen LogP contribution in [0.1, 0.15) is 38.0 Å². The summed E-state index contributed by atoms with van der Waals surface area (Å²) in [6, 6.07) is 3.75. The number of rotatable bonds is 7. The molecule has 9 heteroatoms. The number of nitrogens with one attached hydrogen (secondary N) is 1. The van der Waals surface area contributed by atoms with E-state index < -0.39 is 16.1 Å². The maximum atomic E-state index is 12.7. The summed E-state index contributed by atoms with van der Waals surface area (Å²) < 4.78 is 28.1. The van der Waals surface area contributed by atoms with Crippen molar-refractivity contribution >= 4 is 38.9 Å². The molecule has 2 saturated heterocycles. The van der Waals surface area contributed by atoms with Gasteiger partial charge < -0.3 is 9.80 Å². The van der Waals surface area contributed by atoms with Gasteiger partial charge >= 0.3 is 0 Å². The van der Waals surface area contributed by atoms with E-state index in [2.05, 4.69) is 23.5 Å². The Balaban J connectivity index is 1.51. The van der Waals surface area contributed by atoms with Crippen molar-refractivity contribution in [2.24, 2.45) is 0 Å². The van der Waals surface area contributed by atoms with Gasteiger partial charge in [0, 0.05) is 36.6 Å². The van der Waals surface area contributed by atoms with Crippen molar-refractivity contribution < 1.29 is 13.2 Å². The lowest BCUT2D eigenvalue weighted by atomic mass is 10.0. The van der Waals surface area contributed by atoms with Gasteiger partial charge in [0.05, 0.1) is 10.1 Å². The minimum Gasteiger partial charge on any atom is -0.338 e. The number of aryl methyl sites for hydroxylation is 1. The lowest BCUT2D eigenvalue weighted by molar-refractivity contribution is -0.131. The molecular formula is C18H28ClN3O3S2. The largest absolute Gasteiger partial charge is 0.338 e. The van der Waals surface area contributed by atoms with Crippen molar-refractivity contribution in [3.05, 3.63) is 21.3 Å². The number of carbonyl (C=O) groups is 1. The van der Waals surface area contributed by atoms with Crippen LogP contribution in [-0.2, 0) is 21.2 Å². The molecule has 1 aromatic rings. The van der Waals surface area contributed by atoms with Gasteiger partial charge in [-0.1, -0.05) is 11.6 Å². The van der Waals surface area contributed by atoms with Crippen molar-refractivity contribution in [1.82, 2.24) is 14.5 Å². The van der Waals surface area contributed by atoms with Crippen LogP contribution in [0.5, 0.6) is 0 Å². The molecule has 0 unspecified atom stereocenters. The molecular weight excluding hydrogens is 406 g/mol. The van der Waals surface area contributed by atoms with E-state index in [0.717, 1.165) is 30.8 Å². The summed E-state index contributed by atoms with van der Waals surface area (Å²) in [6.07, 6.45) is 2.88. The third-order valence-corrected chi connectivity index (χ3v) is 8.15. The van der Waals surface area contributed by atoms with Crippen LogP contribution in [0.3, 0.4) is 0 Å². The van der Waals surface area contributed by atoms with Crippen molar-refractivity contribution in [1.29, 1.82) is 0 Å². The summed E-state index contributed by atoms with van der Waals surface area (Å²) in [4.78, 5) is 18.0. The van der Waals surface area contributed by atoms with Gasteiger partial charge in [-0.25, -0.2) is 13.1 Å². The van der Waals surface area contributed by atoms with Gasteiger partial charge in [0.1, 0.15) is 6.04 Å². The Labute approximate surface area is 170 Å². The van der Waals surface area contributed by atoms with Gasteiger partial charge in [-0.3, -0.25) is 4.79 Å². The Hall–Kier alpha value is -0.670. The molecule has 3 heterocycles. The molecule has 2 aliphatic heterocycles. The number of sulfonamides is 1. The summed E-state index contributed by atoms with van der Waals surface area (Å²) in [6.45, 7) is 7.00. The highest BCUT2D eigenvalue weighted by Crippen LogP contribution is 2.24. The summed E-state index contributed by atoms with van der Waals surface area (Å²) >= 11 is 7.27. The van der Waals surface area contributed by atoms with Crippen LogP contribution in [0.4, 0.5) is 0 Å². The highest BCUT2D eigenvalue weighted by atomic mass is 35.5. The topological polar surface area (TPSA) is 69.7 Å². The molecule has 2 fully saturated rings. The smallest absolute Gasteiger partial charge is 0.241 e. The van der Waals surface area contributed by atoms with E-state index in [4.69, 9.17) is 11.6 Å². The molecule has 0 radical (unpaired) electrons. The Bertz CT molecular complexity index is 758. The molecule has 152 valence electrons. The summed E-state index contributed by atoms with van der Waals surface area (Å²) in [5, 5.41) is 0. The molecule has 6 nitrogen and oxygen atoms in total. The van der Waals surface area contributed by atoms with Crippen molar-refractivity contribution in [2.75, 3.05) is 25.4 Å². The fraction of sp³-hybridized carbons (Fsp3) is 0.722. The number of halogens is 1. The van der Waals surface area contributed by atoms with Crippen molar-refractivity contribution in [3.8, 4) is 0 Å². The van der Waals surface area contributed by atoms with Gasteiger partial charge in [-0.05, 0) is 51.7 Å². The zero-order valence-electron chi connectivity index (χ0n) is 15.9. The predicted molar refractivity (Wildman–Crippen MR) is 110 cm³/mol. The second-order valence-electron chi connectivity index (χ2n) is 7.63. The monoisotopic (exact) mass is 433 g/mol. The van der Waals surface area contributed by atoms with Crippen LogP contribution in [0.15, 0.2) is 12.1 Å². The average molecular weight is 434 g/mol. The Morgan fingerprint density at radius 2 is 1.93 bits per heavy atom. The number of thiophene rings is 1. The number of hydrogen-bond donors (Lipinski definition) is 1. The zero-order chi connectivity index (χ0) is 19.6. The molecule has 1 amide bonds. The van der Waals surface area contributed by atoms with Crippen LogP contribution in [0.25, 0.3) is 0 Å². The van der Waals surface area contributed by atoms with Crippen molar-refractivity contribution in [3.63, 3.8) is 0 Å². The Kier molecular flexibility index (Phi) is 6.84. The van der Waals surface area contributed by atoms with Gasteiger partial charge in [-0.2, -0.15) is 0 Å². The first-order chi connectivity index (χ1) is 12.7. The standard InChI is InChI=1S/C18H28ClN3O3S2/c1-13(2)21-9-5-14(6-10-21)22-11-7-16(18(22)23)20-27(24,25)12-8-15-3-4-17(19)26-15/h3-4,13-14,16,20H,5-12H2,1-2H3/t16-/m0/s1. The zero-order valence-corrected chi connectivity index (χ0v) is 18.2. The summed E-state index contributed by atoms with van der Waals surface area (Å²) in [7, 11) is -3.50. The normalized spacial score (nSPS) is 22.9. The first-order valence-corrected chi connectivity index (χ1v) is 12.4. The average Bonchev–Trinajstić information content (AvgIpc) is 3.19. The Morgan fingerprint density at radius 3 is 2.52 bits per heavy atom. The highest BCUT2D eigenvalue weighted by Gasteiger charge is 2.38. The van der Waals surface area contributed by atoms with E-state index in [1.165, 1.54) is 11.3 Å². The Morgan fingerprint density at radius 1 is 1.22 bits per heavy atom. The molecule has 0 aromatic carbocycles. The number of amides is 1. The molecule has 0 bridgehead atoms. The number of nitrogens with zero attached hydrogens (tertiary/aromatic N) is 2. The molecule has 0 saturated carbocycles. The van der Waals surface area contributed by atoms with E-state index in [9.17, 15) is 13.2 Å². The fourth-order valence-electron chi connectivity index (χ4n) is 3.88. The van der Waals surface area contributed by atoms with E-state index in [1.807, 2.05) is 11.0 Å². The van der Waals surface area contributed by atoms with Crippen LogP contribution >= 0.6 is 22.9 Å². The third kappa shape index (κ3) is 5.44. The molecule has 1 N–H and O–H groups in total. The van der Waals surface area contributed by atoms with Crippen LogP contribution in [0.2, 0.25) is 4.34 Å². The molecule has 0 aliphatic carbocycles. The maximum absolute atomic E-state index is 12.7. The van der Waals surface area contributed by atoms with Crippen LogP contribution in [-0.4, -0.2) is 67.6 Å². The molecule has 0 spiro atoms. The number of carbonyl (C=O) groups excluding carboxylic acids is 1. The number of likely N-dealkylation sites (tertiary alicyclic amines) is 2. The molecule has 27 heavy (non-hydrogen) atoms. The summed E-state index contributed by atoms with van der Waals surface area (Å²) in [5.74, 6) is -0.0961. The first-order valence-electron chi connectivity index (χ1n) is 9.54. The van der Waals surface area contributed by atoms with E-state index in [1.54, 1.807) is 6.07 Å². The SMILES string of the molecule is CC(C)N1CCC(N2CC[C@H](NS(=O)(=O)CCc3ccc(Cl)s3)C2=O)CC1. The molecule has 3 rings (SSSR count). The lowest BCUT2D eigenvalue weighted by Crippen LogP contribution is -2.49. The third-order valence-electron chi connectivity index (χ3n) is 5.48. The molecule has 2 aliphatic rings. The first kappa shape index (κ1) is 21.0.